The van der Waals surface area contributed by atoms with E-state index in [9.17, 15) is 4.39 Å². The van der Waals surface area contributed by atoms with Crippen molar-refractivity contribution in [3.63, 3.8) is 0 Å². The lowest BCUT2D eigenvalue weighted by molar-refractivity contribution is 0.321. The zero-order valence-electron chi connectivity index (χ0n) is 7.63. The first kappa shape index (κ1) is 10.8. The fourth-order valence-electron chi connectivity index (χ4n) is 1.00. The lowest BCUT2D eigenvalue weighted by atomic mass is 10.2. The maximum atomic E-state index is 13.6. The van der Waals surface area contributed by atoms with E-state index < -0.39 is 5.82 Å². The number of ether oxygens (including phenoxy) is 1. The van der Waals surface area contributed by atoms with Crippen molar-refractivity contribution >= 4 is 17.8 Å². The van der Waals surface area contributed by atoms with Crippen LogP contribution < -0.4 is 10.6 Å². The normalized spacial score (nSPS) is 10.8. The van der Waals surface area contributed by atoms with Gasteiger partial charge in [-0.1, -0.05) is 11.6 Å². The van der Waals surface area contributed by atoms with Gasteiger partial charge in [0.05, 0.1) is 17.8 Å². The Balaban J connectivity index is 3.18. The molecule has 0 aliphatic rings. The minimum Gasteiger partial charge on any atom is -0.489 e. The fourth-order valence-corrected chi connectivity index (χ4v) is 1.20. The molecule has 3 nitrogen and oxygen atoms in total. The summed E-state index contributed by atoms with van der Waals surface area (Å²) in [6.45, 7) is 2.10. The molecule has 5 heteroatoms. The third-order valence-corrected chi connectivity index (χ3v) is 1.88. The van der Waals surface area contributed by atoms with Crippen molar-refractivity contribution in [1.29, 1.82) is 0 Å². The summed E-state index contributed by atoms with van der Waals surface area (Å²) in [6.07, 6.45) is 1.20. The molecule has 1 aromatic carbocycles. The van der Waals surface area contributed by atoms with Gasteiger partial charge >= 0.3 is 0 Å². The molecular weight excluding hydrogens is 207 g/mol. The summed E-state index contributed by atoms with van der Waals surface area (Å²) in [5.74, 6) is 4.41. The molecular formula is C9H10ClFN2O. The number of rotatable bonds is 3. The van der Waals surface area contributed by atoms with E-state index >= 15 is 0 Å². The van der Waals surface area contributed by atoms with Crippen molar-refractivity contribution in [1.82, 2.24) is 0 Å². The van der Waals surface area contributed by atoms with E-state index in [0.29, 0.717) is 6.61 Å². The Morgan fingerprint density at radius 3 is 2.93 bits per heavy atom. The third kappa shape index (κ3) is 2.14. The molecule has 0 radical (unpaired) electrons. The molecule has 0 heterocycles. The highest BCUT2D eigenvalue weighted by Crippen LogP contribution is 2.29. The van der Waals surface area contributed by atoms with Gasteiger partial charge in [-0.25, -0.2) is 4.39 Å². The topological polar surface area (TPSA) is 47.6 Å². The number of hydrogen-bond acceptors (Lipinski definition) is 3. The summed E-state index contributed by atoms with van der Waals surface area (Å²) in [5.41, 5.74) is 0.250. The summed E-state index contributed by atoms with van der Waals surface area (Å²) >= 11 is 5.74. The number of nitrogens with zero attached hydrogens (tertiary/aromatic N) is 1. The van der Waals surface area contributed by atoms with Gasteiger partial charge in [0, 0.05) is 5.56 Å². The second-order valence-electron chi connectivity index (χ2n) is 2.49. The Labute approximate surface area is 86.3 Å². The fraction of sp³-hybridized carbons (Fsp3) is 0.222. The first-order chi connectivity index (χ1) is 6.70. The maximum absolute atomic E-state index is 13.6. The molecule has 0 amide bonds. The van der Waals surface area contributed by atoms with Crippen molar-refractivity contribution in [2.75, 3.05) is 6.61 Å². The average molecular weight is 217 g/mol. The third-order valence-electron chi connectivity index (χ3n) is 1.58. The van der Waals surface area contributed by atoms with Crippen molar-refractivity contribution in [2.45, 2.75) is 6.92 Å². The average Bonchev–Trinajstić information content (AvgIpc) is 2.17. The molecule has 1 rings (SSSR count). The van der Waals surface area contributed by atoms with Gasteiger partial charge in [0.1, 0.15) is 0 Å². The van der Waals surface area contributed by atoms with Crippen LogP contribution in [-0.2, 0) is 0 Å². The van der Waals surface area contributed by atoms with Crippen LogP contribution in [0.5, 0.6) is 5.75 Å². The van der Waals surface area contributed by atoms with Crippen molar-refractivity contribution < 1.29 is 9.13 Å². The monoisotopic (exact) mass is 216 g/mol. The molecule has 1 aromatic rings. The van der Waals surface area contributed by atoms with E-state index in [2.05, 4.69) is 5.10 Å². The van der Waals surface area contributed by atoms with E-state index in [1.54, 1.807) is 6.92 Å². The standard InChI is InChI=1S/C9H10ClFN2O/c1-2-14-9-7(10)4-3-6(5-13-12)8(9)11/h3-5H,2,12H2,1H3. The minimum absolute atomic E-state index is 0.0339. The largest absolute Gasteiger partial charge is 0.489 e. The molecule has 76 valence electrons. The summed E-state index contributed by atoms with van der Waals surface area (Å²) in [6, 6.07) is 3.02. The highest BCUT2D eigenvalue weighted by atomic mass is 35.5. The molecule has 0 aliphatic carbocycles. The van der Waals surface area contributed by atoms with Crippen LogP contribution in [0.15, 0.2) is 17.2 Å². The van der Waals surface area contributed by atoms with Crippen LogP contribution in [0.2, 0.25) is 5.02 Å². The zero-order chi connectivity index (χ0) is 10.6. The van der Waals surface area contributed by atoms with E-state index in [1.807, 2.05) is 0 Å². The predicted octanol–water partition coefficient (Wildman–Crippen LogP) is 2.17. The first-order valence-electron chi connectivity index (χ1n) is 4.04. The Morgan fingerprint density at radius 1 is 1.64 bits per heavy atom. The molecule has 0 unspecified atom stereocenters. The molecule has 0 saturated heterocycles. The summed E-state index contributed by atoms with van der Waals surface area (Å²) < 4.78 is 18.6. The van der Waals surface area contributed by atoms with Crippen LogP contribution in [0, 0.1) is 5.82 Å². The van der Waals surface area contributed by atoms with Gasteiger partial charge in [-0.3, -0.25) is 0 Å². The van der Waals surface area contributed by atoms with Gasteiger partial charge < -0.3 is 10.6 Å². The SMILES string of the molecule is CCOc1c(Cl)ccc(C=NN)c1F. The van der Waals surface area contributed by atoms with Crippen molar-refractivity contribution in [2.24, 2.45) is 10.9 Å². The van der Waals surface area contributed by atoms with Crippen molar-refractivity contribution in [3.05, 3.63) is 28.5 Å². The zero-order valence-corrected chi connectivity index (χ0v) is 8.38. The molecule has 0 atom stereocenters. The van der Waals surface area contributed by atoms with Crippen LogP contribution in [-0.4, -0.2) is 12.8 Å². The number of halogens is 2. The molecule has 0 saturated carbocycles. The van der Waals surface area contributed by atoms with E-state index in [0.717, 1.165) is 0 Å². The summed E-state index contributed by atoms with van der Waals surface area (Å²) in [7, 11) is 0. The van der Waals surface area contributed by atoms with Gasteiger partial charge in [0.25, 0.3) is 0 Å². The van der Waals surface area contributed by atoms with Gasteiger partial charge in [-0.05, 0) is 19.1 Å². The minimum atomic E-state index is -0.548. The number of hydrazone groups is 1. The summed E-state index contributed by atoms with van der Waals surface area (Å²) in [5, 5.41) is 3.47. The van der Waals surface area contributed by atoms with Crippen LogP contribution in [0.4, 0.5) is 4.39 Å². The Hall–Kier alpha value is -1.29. The molecule has 0 bridgehead atoms. The van der Waals surface area contributed by atoms with Crippen molar-refractivity contribution in [3.8, 4) is 5.75 Å². The molecule has 0 spiro atoms. The van der Waals surface area contributed by atoms with E-state index in [4.69, 9.17) is 22.2 Å². The molecule has 14 heavy (non-hydrogen) atoms. The number of hydrogen-bond donors (Lipinski definition) is 1. The van der Waals surface area contributed by atoms with E-state index in [-0.39, 0.29) is 16.3 Å². The predicted molar refractivity (Wildman–Crippen MR) is 54.4 cm³/mol. The molecule has 2 N–H and O–H groups in total. The molecule has 0 aliphatic heterocycles. The highest BCUT2D eigenvalue weighted by molar-refractivity contribution is 6.32. The Morgan fingerprint density at radius 2 is 2.36 bits per heavy atom. The van der Waals surface area contributed by atoms with Crippen LogP contribution >= 0.6 is 11.6 Å². The number of benzene rings is 1. The smallest absolute Gasteiger partial charge is 0.175 e. The second kappa shape index (κ2) is 4.81. The Bertz CT molecular complexity index is 355. The highest BCUT2D eigenvalue weighted by Gasteiger charge is 2.11. The van der Waals surface area contributed by atoms with Gasteiger partial charge in [0.2, 0.25) is 0 Å². The first-order valence-corrected chi connectivity index (χ1v) is 4.42. The van der Waals surface area contributed by atoms with Crippen LogP contribution in [0.1, 0.15) is 12.5 Å². The van der Waals surface area contributed by atoms with E-state index in [1.165, 1.54) is 18.3 Å². The lowest BCUT2D eigenvalue weighted by Crippen LogP contribution is -1.99. The molecule has 0 fully saturated rings. The number of nitrogens with two attached hydrogens (primary N) is 1. The maximum Gasteiger partial charge on any atom is 0.175 e. The second-order valence-corrected chi connectivity index (χ2v) is 2.90. The van der Waals surface area contributed by atoms with Crippen LogP contribution in [0.25, 0.3) is 0 Å². The quantitative estimate of drug-likeness (QED) is 0.478. The van der Waals surface area contributed by atoms with Gasteiger partial charge in [-0.15, -0.1) is 0 Å². The summed E-state index contributed by atoms with van der Waals surface area (Å²) in [4.78, 5) is 0. The van der Waals surface area contributed by atoms with Gasteiger partial charge in [-0.2, -0.15) is 5.10 Å². The Kier molecular flexibility index (Phi) is 3.71. The lowest BCUT2D eigenvalue weighted by Gasteiger charge is -2.07. The van der Waals surface area contributed by atoms with Crippen LogP contribution in [0.3, 0.4) is 0 Å². The molecule has 0 aromatic heterocycles. The van der Waals surface area contributed by atoms with Gasteiger partial charge in [0.15, 0.2) is 11.6 Å².